The molecule has 3 N–H and O–H groups in total. The molecular formula is C13H18N2O2. The molecule has 0 bridgehead atoms. The Bertz CT molecular complexity index is 387. The number of nitrogens with one attached hydrogen (secondary N) is 1. The average Bonchev–Trinajstić information content (AvgIpc) is 2.79. The zero-order chi connectivity index (χ0) is 12.1. The van der Waals surface area contributed by atoms with E-state index in [4.69, 9.17) is 10.5 Å². The lowest BCUT2D eigenvalue weighted by atomic mass is 10.1. The van der Waals surface area contributed by atoms with Crippen molar-refractivity contribution in [3.63, 3.8) is 0 Å². The monoisotopic (exact) mass is 234 g/mol. The highest BCUT2D eigenvalue weighted by Crippen LogP contribution is 2.15. The van der Waals surface area contributed by atoms with Crippen molar-refractivity contribution in [2.75, 3.05) is 12.3 Å². The van der Waals surface area contributed by atoms with Gasteiger partial charge in [0.15, 0.2) is 0 Å². The van der Waals surface area contributed by atoms with Crippen LogP contribution in [0.15, 0.2) is 24.3 Å². The van der Waals surface area contributed by atoms with Gasteiger partial charge in [-0.15, -0.1) is 0 Å². The van der Waals surface area contributed by atoms with Gasteiger partial charge in [-0.2, -0.15) is 0 Å². The molecule has 1 aliphatic rings. The minimum atomic E-state index is 0.0410. The summed E-state index contributed by atoms with van der Waals surface area (Å²) < 4.78 is 5.41. The van der Waals surface area contributed by atoms with Crippen LogP contribution in [0.4, 0.5) is 5.69 Å². The Morgan fingerprint density at radius 3 is 3.12 bits per heavy atom. The number of benzene rings is 1. The highest BCUT2D eigenvalue weighted by Gasteiger charge is 2.18. The molecule has 0 radical (unpaired) electrons. The normalized spacial score (nSPS) is 19.2. The van der Waals surface area contributed by atoms with E-state index < -0.39 is 0 Å². The first-order valence-corrected chi connectivity index (χ1v) is 5.97. The molecule has 17 heavy (non-hydrogen) atoms. The van der Waals surface area contributed by atoms with Crippen molar-refractivity contribution in [1.29, 1.82) is 0 Å². The largest absolute Gasteiger partial charge is 0.399 e. The standard InChI is InChI=1S/C13H18N2O2/c14-11-4-1-3-10(7-11)9-15-13(16)8-12-5-2-6-17-12/h1,3-4,7,12H,2,5-6,8-9,14H2,(H,15,16). The van der Waals surface area contributed by atoms with Crippen LogP contribution in [0, 0.1) is 0 Å². The van der Waals surface area contributed by atoms with Crippen molar-refractivity contribution in [2.45, 2.75) is 31.9 Å². The molecule has 1 fully saturated rings. The van der Waals surface area contributed by atoms with Gasteiger partial charge in [-0.25, -0.2) is 0 Å². The number of nitrogens with two attached hydrogens (primary N) is 1. The molecule has 0 saturated carbocycles. The number of hydrogen-bond donors (Lipinski definition) is 2. The number of anilines is 1. The first kappa shape index (κ1) is 11.9. The van der Waals surface area contributed by atoms with Crippen LogP contribution in [0.1, 0.15) is 24.8 Å². The second-order valence-corrected chi connectivity index (χ2v) is 4.36. The molecule has 1 unspecified atom stereocenters. The van der Waals surface area contributed by atoms with Crippen LogP contribution in [-0.2, 0) is 16.1 Å². The van der Waals surface area contributed by atoms with Gasteiger partial charge in [0, 0.05) is 18.8 Å². The van der Waals surface area contributed by atoms with E-state index >= 15 is 0 Å². The van der Waals surface area contributed by atoms with Crippen LogP contribution >= 0.6 is 0 Å². The Balaban J connectivity index is 1.75. The predicted molar refractivity (Wildman–Crippen MR) is 66.3 cm³/mol. The van der Waals surface area contributed by atoms with E-state index in [1.54, 1.807) is 0 Å². The molecule has 1 amide bonds. The fraction of sp³-hybridized carbons (Fsp3) is 0.462. The summed E-state index contributed by atoms with van der Waals surface area (Å²) in [5.74, 6) is 0.0410. The zero-order valence-corrected chi connectivity index (χ0v) is 9.82. The van der Waals surface area contributed by atoms with E-state index in [2.05, 4.69) is 5.32 Å². The van der Waals surface area contributed by atoms with Crippen molar-refractivity contribution in [1.82, 2.24) is 5.32 Å². The van der Waals surface area contributed by atoms with Gasteiger partial charge in [0.05, 0.1) is 12.5 Å². The minimum absolute atomic E-state index is 0.0410. The molecule has 0 spiro atoms. The number of nitrogen functional groups attached to an aromatic ring is 1. The van der Waals surface area contributed by atoms with Gasteiger partial charge in [0.25, 0.3) is 0 Å². The zero-order valence-electron chi connectivity index (χ0n) is 9.82. The number of rotatable bonds is 4. The summed E-state index contributed by atoms with van der Waals surface area (Å²) >= 11 is 0. The van der Waals surface area contributed by atoms with Crippen molar-refractivity contribution in [3.8, 4) is 0 Å². The summed E-state index contributed by atoms with van der Waals surface area (Å²) in [5.41, 5.74) is 7.40. The maximum Gasteiger partial charge on any atom is 0.222 e. The smallest absolute Gasteiger partial charge is 0.222 e. The predicted octanol–water partition coefficient (Wildman–Crippen LogP) is 1.45. The van der Waals surface area contributed by atoms with Crippen LogP contribution in [0.5, 0.6) is 0 Å². The summed E-state index contributed by atoms with van der Waals surface area (Å²) in [5, 5.41) is 2.88. The molecule has 4 heteroatoms. The summed E-state index contributed by atoms with van der Waals surface area (Å²) in [6, 6.07) is 7.53. The number of hydrogen-bond acceptors (Lipinski definition) is 3. The van der Waals surface area contributed by atoms with Gasteiger partial charge < -0.3 is 15.8 Å². The Hall–Kier alpha value is -1.55. The second kappa shape index (κ2) is 5.68. The first-order valence-electron chi connectivity index (χ1n) is 5.97. The molecule has 1 aromatic carbocycles. The Morgan fingerprint density at radius 2 is 2.41 bits per heavy atom. The molecule has 0 aliphatic carbocycles. The van der Waals surface area contributed by atoms with Gasteiger partial charge >= 0.3 is 0 Å². The number of amides is 1. The number of carbonyl (C=O) groups excluding carboxylic acids is 1. The molecule has 1 heterocycles. The van der Waals surface area contributed by atoms with Gasteiger partial charge in [-0.05, 0) is 30.5 Å². The topological polar surface area (TPSA) is 64.3 Å². The van der Waals surface area contributed by atoms with Gasteiger partial charge in [0.2, 0.25) is 5.91 Å². The Labute approximate surface area is 101 Å². The van der Waals surface area contributed by atoms with Gasteiger partial charge in [-0.1, -0.05) is 12.1 Å². The first-order chi connectivity index (χ1) is 8.24. The molecule has 1 aliphatic heterocycles. The number of carbonyl (C=O) groups is 1. The van der Waals surface area contributed by atoms with Crippen molar-refractivity contribution in [3.05, 3.63) is 29.8 Å². The van der Waals surface area contributed by atoms with E-state index in [-0.39, 0.29) is 12.0 Å². The van der Waals surface area contributed by atoms with Gasteiger partial charge in [0.1, 0.15) is 0 Å². The summed E-state index contributed by atoms with van der Waals surface area (Å²) in [4.78, 5) is 11.6. The number of ether oxygens (including phenoxy) is 1. The molecule has 1 saturated heterocycles. The molecule has 1 aromatic rings. The molecular weight excluding hydrogens is 216 g/mol. The molecule has 4 nitrogen and oxygen atoms in total. The van der Waals surface area contributed by atoms with Crippen molar-refractivity contribution in [2.24, 2.45) is 0 Å². The molecule has 0 aromatic heterocycles. The van der Waals surface area contributed by atoms with E-state index in [1.165, 1.54) is 0 Å². The fourth-order valence-corrected chi connectivity index (χ4v) is 1.99. The molecule has 92 valence electrons. The lowest BCUT2D eigenvalue weighted by Crippen LogP contribution is -2.26. The summed E-state index contributed by atoms with van der Waals surface area (Å²) in [6.45, 7) is 1.31. The van der Waals surface area contributed by atoms with E-state index in [0.29, 0.717) is 13.0 Å². The van der Waals surface area contributed by atoms with Crippen LogP contribution in [-0.4, -0.2) is 18.6 Å². The summed E-state index contributed by atoms with van der Waals surface area (Å²) in [7, 11) is 0. The third-order valence-corrected chi connectivity index (χ3v) is 2.88. The molecule has 2 rings (SSSR count). The third-order valence-electron chi connectivity index (χ3n) is 2.88. The van der Waals surface area contributed by atoms with Gasteiger partial charge in [-0.3, -0.25) is 4.79 Å². The van der Waals surface area contributed by atoms with Crippen molar-refractivity contribution < 1.29 is 9.53 Å². The van der Waals surface area contributed by atoms with E-state index in [0.717, 1.165) is 30.7 Å². The lowest BCUT2D eigenvalue weighted by Gasteiger charge is -2.10. The quantitative estimate of drug-likeness (QED) is 0.775. The Morgan fingerprint density at radius 1 is 1.53 bits per heavy atom. The van der Waals surface area contributed by atoms with E-state index in [1.807, 2.05) is 24.3 Å². The average molecular weight is 234 g/mol. The van der Waals surface area contributed by atoms with Crippen LogP contribution in [0.25, 0.3) is 0 Å². The van der Waals surface area contributed by atoms with Crippen molar-refractivity contribution >= 4 is 11.6 Å². The van der Waals surface area contributed by atoms with Crippen LogP contribution in [0.3, 0.4) is 0 Å². The molecule has 1 atom stereocenters. The lowest BCUT2D eigenvalue weighted by molar-refractivity contribution is -0.123. The fourth-order valence-electron chi connectivity index (χ4n) is 1.99. The van der Waals surface area contributed by atoms with Crippen LogP contribution in [0.2, 0.25) is 0 Å². The van der Waals surface area contributed by atoms with Crippen LogP contribution < -0.4 is 11.1 Å². The maximum atomic E-state index is 11.6. The third kappa shape index (κ3) is 3.75. The summed E-state index contributed by atoms with van der Waals surface area (Å²) in [6.07, 6.45) is 2.62. The van der Waals surface area contributed by atoms with E-state index in [9.17, 15) is 4.79 Å². The maximum absolute atomic E-state index is 11.6. The Kier molecular flexibility index (Phi) is 3.98. The second-order valence-electron chi connectivity index (χ2n) is 4.36. The SMILES string of the molecule is Nc1cccc(CNC(=O)CC2CCCO2)c1. The highest BCUT2D eigenvalue weighted by atomic mass is 16.5. The highest BCUT2D eigenvalue weighted by molar-refractivity contribution is 5.76. The minimum Gasteiger partial charge on any atom is -0.399 e.